The minimum atomic E-state index is -0.328. The lowest BCUT2D eigenvalue weighted by atomic mass is 10.1. The number of nitrogens with one attached hydrogen (secondary N) is 1. The Morgan fingerprint density at radius 2 is 1.92 bits per heavy atom. The van der Waals surface area contributed by atoms with Gasteiger partial charge in [-0.3, -0.25) is 19.3 Å². The molecule has 25 heavy (non-hydrogen) atoms. The van der Waals surface area contributed by atoms with Crippen LogP contribution in [0.5, 0.6) is 5.75 Å². The van der Waals surface area contributed by atoms with Crippen LogP contribution in [0.25, 0.3) is 0 Å². The van der Waals surface area contributed by atoms with Crippen LogP contribution < -0.4 is 15.0 Å². The highest BCUT2D eigenvalue weighted by Gasteiger charge is 2.28. The summed E-state index contributed by atoms with van der Waals surface area (Å²) in [6.45, 7) is 1.35. The third-order valence-corrected chi connectivity index (χ3v) is 4.33. The maximum Gasteiger partial charge on any atom is 0.258 e. The Labute approximate surface area is 152 Å². The average molecular weight is 403 g/mol. The fraction of sp³-hybridized carbons (Fsp3) is 0.167. The smallest absolute Gasteiger partial charge is 0.258 e. The van der Waals surface area contributed by atoms with E-state index in [4.69, 9.17) is 4.74 Å². The van der Waals surface area contributed by atoms with Gasteiger partial charge in [0.2, 0.25) is 5.91 Å². The molecule has 0 saturated heterocycles. The summed E-state index contributed by atoms with van der Waals surface area (Å²) in [5, 5.41) is 2.71. The summed E-state index contributed by atoms with van der Waals surface area (Å²) >= 11 is 3.35. The lowest BCUT2D eigenvalue weighted by Gasteiger charge is -2.29. The SMILES string of the molecule is COc1cc(Br)cc(C(=O)N2CC(=O)Nc3cc(C(C)=O)ccc32)c1. The fourth-order valence-corrected chi connectivity index (χ4v) is 3.12. The van der Waals surface area contributed by atoms with Crippen molar-refractivity contribution in [2.24, 2.45) is 0 Å². The number of ether oxygens (including phenoxy) is 1. The van der Waals surface area contributed by atoms with Gasteiger partial charge in [-0.05, 0) is 43.3 Å². The van der Waals surface area contributed by atoms with Gasteiger partial charge in [-0.1, -0.05) is 15.9 Å². The summed E-state index contributed by atoms with van der Waals surface area (Å²) in [6, 6.07) is 9.91. The predicted octanol–water partition coefficient (Wildman–Crippen LogP) is 3.26. The molecule has 0 saturated carbocycles. The van der Waals surface area contributed by atoms with Crippen LogP contribution >= 0.6 is 15.9 Å². The number of nitrogens with zero attached hydrogens (tertiary/aromatic N) is 1. The molecule has 0 unspecified atom stereocenters. The molecular weight excluding hydrogens is 388 g/mol. The van der Waals surface area contributed by atoms with E-state index in [1.807, 2.05) is 0 Å². The highest BCUT2D eigenvalue weighted by molar-refractivity contribution is 9.10. The zero-order valence-electron chi connectivity index (χ0n) is 13.6. The largest absolute Gasteiger partial charge is 0.497 e. The van der Waals surface area contributed by atoms with E-state index in [2.05, 4.69) is 21.2 Å². The van der Waals surface area contributed by atoms with Gasteiger partial charge in [0.15, 0.2) is 5.78 Å². The van der Waals surface area contributed by atoms with Gasteiger partial charge in [0.25, 0.3) is 5.91 Å². The first-order chi connectivity index (χ1) is 11.9. The number of Topliss-reactive ketones (excluding diaryl/α,β-unsaturated/α-hetero) is 1. The highest BCUT2D eigenvalue weighted by atomic mass is 79.9. The van der Waals surface area contributed by atoms with Crippen LogP contribution in [0.3, 0.4) is 0 Å². The summed E-state index contributed by atoms with van der Waals surface area (Å²) in [6.07, 6.45) is 0. The summed E-state index contributed by atoms with van der Waals surface area (Å²) in [4.78, 5) is 37.9. The van der Waals surface area contributed by atoms with Gasteiger partial charge in [0.1, 0.15) is 12.3 Å². The van der Waals surface area contributed by atoms with E-state index < -0.39 is 0 Å². The Morgan fingerprint density at radius 1 is 1.16 bits per heavy atom. The number of hydrogen-bond donors (Lipinski definition) is 1. The van der Waals surface area contributed by atoms with Crippen LogP contribution in [0, 0.1) is 0 Å². The van der Waals surface area contributed by atoms with Crippen LogP contribution in [-0.2, 0) is 4.79 Å². The van der Waals surface area contributed by atoms with E-state index >= 15 is 0 Å². The lowest BCUT2D eigenvalue weighted by Crippen LogP contribution is -2.42. The summed E-state index contributed by atoms with van der Waals surface area (Å²) in [7, 11) is 1.52. The highest BCUT2D eigenvalue weighted by Crippen LogP contribution is 2.32. The molecule has 1 aliphatic rings. The fourth-order valence-electron chi connectivity index (χ4n) is 2.65. The Morgan fingerprint density at radius 3 is 2.60 bits per heavy atom. The third kappa shape index (κ3) is 3.41. The van der Waals surface area contributed by atoms with Crippen LogP contribution in [0.4, 0.5) is 11.4 Å². The van der Waals surface area contributed by atoms with Gasteiger partial charge < -0.3 is 10.1 Å². The van der Waals surface area contributed by atoms with E-state index in [-0.39, 0.29) is 24.1 Å². The number of fused-ring (bicyclic) bond motifs is 1. The quantitative estimate of drug-likeness (QED) is 0.799. The minimum absolute atomic E-state index is 0.0971. The van der Waals surface area contributed by atoms with Gasteiger partial charge in [0, 0.05) is 15.6 Å². The summed E-state index contributed by atoms with van der Waals surface area (Å²) < 4.78 is 5.89. The van der Waals surface area contributed by atoms with Crippen molar-refractivity contribution in [3.05, 3.63) is 52.0 Å². The number of hydrogen-bond acceptors (Lipinski definition) is 4. The van der Waals surface area contributed by atoms with Crippen molar-refractivity contribution in [2.45, 2.75) is 6.92 Å². The maximum atomic E-state index is 12.9. The molecule has 0 bridgehead atoms. The molecule has 2 aromatic rings. The van der Waals surface area contributed by atoms with Gasteiger partial charge in [-0.25, -0.2) is 0 Å². The number of carbonyl (C=O) groups is 3. The second-order valence-corrected chi connectivity index (χ2v) is 6.52. The van der Waals surface area contributed by atoms with Crippen LogP contribution in [-0.4, -0.2) is 31.3 Å². The standard InChI is InChI=1S/C18H15BrN2O4/c1-10(22)11-3-4-16-15(7-11)20-17(23)9-21(16)18(24)12-5-13(19)8-14(6-12)25-2/h3-8H,9H2,1-2H3,(H,20,23). The van der Waals surface area contributed by atoms with Crippen molar-refractivity contribution in [2.75, 3.05) is 23.9 Å². The number of methoxy groups -OCH3 is 1. The van der Waals surface area contributed by atoms with E-state index in [0.29, 0.717) is 32.7 Å². The van der Waals surface area contributed by atoms with E-state index in [0.717, 1.165) is 0 Å². The van der Waals surface area contributed by atoms with Crippen molar-refractivity contribution < 1.29 is 19.1 Å². The normalized spacial score (nSPS) is 13.1. The van der Waals surface area contributed by atoms with Crippen molar-refractivity contribution in [3.8, 4) is 5.75 Å². The zero-order chi connectivity index (χ0) is 18.1. The van der Waals surface area contributed by atoms with E-state index in [1.54, 1.807) is 36.4 Å². The number of rotatable bonds is 3. The summed E-state index contributed by atoms with van der Waals surface area (Å²) in [5.41, 5.74) is 1.85. The molecule has 0 aliphatic carbocycles. The molecule has 0 aromatic heterocycles. The first-order valence-corrected chi connectivity index (χ1v) is 8.29. The second kappa shape index (κ2) is 6.68. The van der Waals surface area contributed by atoms with Crippen LogP contribution in [0.15, 0.2) is 40.9 Å². The topological polar surface area (TPSA) is 75.7 Å². The van der Waals surface area contributed by atoms with Gasteiger partial charge in [0.05, 0.1) is 18.5 Å². The second-order valence-electron chi connectivity index (χ2n) is 5.61. The van der Waals surface area contributed by atoms with Gasteiger partial charge >= 0.3 is 0 Å². The molecule has 128 valence electrons. The maximum absolute atomic E-state index is 12.9. The Balaban J connectivity index is 2.03. The Hall–Kier alpha value is -2.67. The van der Waals surface area contributed by atoms with Gasteiger partial charge in [-0.15, -0.1) is 0 Å². The molecule has 0 atom stereocenters. The van der Waals surface area contributed by atoms with E-state index in [9.17, 15) is 14.4 Å². The number of benzene rings is 2. The minimum Gasteiger partial charge on any atom is -0.497 e. The molecule has 0 radical (unpaired) electrons. The van der Waals surface area contributed by atoms with Crippen molar-refractivity contribution in [1.82, 2.24) is 0 Å². The molecule has 2 aromatic carbocycles. The van der Waals surface area contributed by atoms with Crippen molar-refractivity contribution in [1.29, 1.82) is 0 Å². The molecule has 1 heterocycles. The number of carbonyl (C=O) groups excluding carboxylic acids is 3. The number of amides is 2. The molecule has 1 aliphatic heterocycles. The third-order valence-electron chi connectivity index (χ3n) is 3.87. The first-order valence-electron chi connectivity index (χ1n) is 7.50. The number of ketones is 1. The number of anilines is 2. The first kappa shape index (κ1) is 17.2. The Bertz CT molecular complexity index is 895. The molecule has 7 heteroatoms. The molecule has 0 fully saturated rings. The monoisotopic (exact) mass is 402 g/mol. The van der Waals surface area contributed by atoms with E-state index in [1.165, 1.54) is 18.9 Å². The van der Waals surface area contributed by atoms with Crippen molar-refractivity contribution in [3.63, 3.8) is 0 Å². The average Bonchev–Trinajstić information content (AvgIpc) is 2.59. The molecule has 2 amide bonds. The van der Waals surface area contributed by atoms with Crippen LogP contribution in [0.2, 0.25) is 0 Å². The molecule has 1 N–H and O–H groups in total. The molecule has 6 nitrogen and oxygen atoms in total. The molecule has 3 rings (SSSR count). The van der Waals surface area contributed by atoms with Crippen molar-refractivity contribution >= 4 is 44.9 Å². The zero-order valence-corrected chi connectivity index (χ0v) is 15.2. The van der Waals surface area contributed by atoms with Crippen LogP contribution in [0.1, 0.15) is 27.6 Å². The predicted molar refractivity (Wildman–Crippen MR) is 97.4 cm³/mol. The Kier molecular flexibility index (Phi) is 4.59. The molecule has 0 spiro atoms. The molecular formula is C18H15BrN2O4. The van der Waals surface area contributed by atoms with Gasteiger partial charge in [-0.2, -0.15) is 0 Å². The summed E-state index contributed by atoms with van der Waals surface area (Å²) in [5.74, 6) is -0.224. The number of halogens is 1. The lowest BCUT2D eigenvalue weighted by molar-refractivity contribution is -0.115.